The third-order valence-electron chi connectivity index (χ3n) is 7.20. The number of aromatic nitrogens is 3. The molecule has 0 aromatic carbocycles. The Morgan fingerprint density at radius 3 is 2.55 bits per heavy atom. The molecule has 202 valence electrons. The molecule has 0 saturated carbocycles. The van der Waals surface area contributed by atoms with Gasteiger partial charge in [-0.15, -0.1) is 0 Å². The maximum Gasteiger partial charge on any atom is 0.423 e. The van der Waals surface area contributed by atoms with E-state index < -0.39 is 17.3 Å². The van der Waals surface area contributed by atoms with Crippen LogP contribution >= 0.6 is 0 Å². The van der Waals surface area contributed by atoms with Gasteiger partial charge in [0.25, 0.3) is 5.56 Å². The zero-order valence-corrected chi connectivity index (χ0v) is 20.5. The Bertz CT molecular complexity index is 1250. The maximum absolute atomic E-state index is 13.5. The largest absolute Gasteiger partial charge is 0.423 e. The molecule has 14 heteroatoms. The topological polar surface area (TPSA) is 122 Å². The Morgan fingerprint density at radius 2 is 1.89 bits per heavy atom. The van der Waals surface area contributed by atoms with E-state index in [1.807, 2.05) is 11.2 Å². The SMILES string of the molecule is N#Cc1ccc(N2CCN(C(=O)N3CC(OC[C@@H]4CCCN4c4cn[nH]c(=O)c4C(F)(F)F)C3)CC2)nc1. The first kappa shape index (κ1) is 25.8. The predicted molar refractivity (Wildman–Crippen MR) is 130 cm³/mol. The van der Waals surface area contributed by atoms with Gasteiger partial charge in [0.2, 0.25) is 0 Å². The van der Waals surface area contributed by atoms with Crippen molar-refractivity contribution in [3.05, 3.63) is 46.0 Å². The zero-order chi connectivity index (χ0) is 26.9. The standard InChI is InChI=1S/C24H27F3N8O3/c25-24(26,27)21-19(12-30-31-22(21)36)35-5-1-2-17(35)15-38-18-13-34(14-18)23(37)33-8-6-32(7-9-33)20-4-3-16(10-28)11-29-20/h3-4,11-12,17-18H,1-2,5-9,13-15H2,(H,31,36)/t17-/m0/s1. The number of anilines is 2. The van der Waals surface area contributed by atoms with Gasteiger partial charge in [-0.1, -0.05) is 0 Å². The number of carbonyl (C=O) groups excluding carboxylic acids is 1. The van der Waals surface area contributed by atoms with Gasteiger partial charge in [0.1, 0.15) is 17.5 Å². The number of urea groups is 1. The molecule has 38 heavy (non-hydrogen) atoms. The maximum atomic E-state index is 13.5. The minimum atomic E-state index is -4.79. The van der Waals surface area contributed by atoms with Gasteiger partial charge in [-0.2, -0.15) is 23.5 Å². The van der Waals surface area contributed by atoms with E-state index in [2.05, 4.69) is 15.0 Å². The number of nitrogens with one attached hydrogen (secondary N) is 1. The Hall–Kier alpha value is -3.86. The van der Waals surface area contributed by atoms with Crippen molar-refractivity contribution in [1.82, 2.24) is 25.0 Å². The molecule has 0 bridgehead atoms. The van der Waals surface area contributed by atoms with Gasteiger partial charge in [-0.05, 0) is 25.0 Å². The van der Waals surface area contributed by atoms with Crippen molar-refractivity contribution < 1.29 is 22.7 Å². The number of halogens is 3. The van der Waals surface area contributed by atoms with Crippen LogP contribution in [0.5, 0.6) is 0 Å². The summed E-state index contributed by atoms with van der Waals surface area (Å²) in [6.45, 7) is 3.78. The molecule has 0 radical (unpaired) electrons. The molecule has 3 aliphatic heterocycles. The quantitative estimate of drug-likeness (QED) is 0.617. The van der Waals surface area contributed by atoms with Gasteiger partial charge >= 0.3 is 12.2 Å². The summed E-state index contributed by atoms with van der Waals surface area (Å²) in [5.41, 5.74) is -2.23. The number of likely N-dealkylation sites (tertiary alicyclic amines) is 1. The molecule has 2 aromatic rings. The Labute approximate surface area is 216 Å². The Balaban J connectivity index is 1.09. The number of hydrogen-bond acceptors (Lipinski definition) is 8. The number of pyridine rings is 1. The molecule has 11 nitrogen and oxygen atoms in total. The summed E-state index contributed by atoms with van der Waals surface area (Å²) < 4.78 is 46.5. The van der Waals surface area contributed by atoms with E-state index in [4.69, 9.17) is 10.00 Å². The lowest BCUT2D eigenvalue weighted by Crippen LogP contribution is -2.61. The monoisotopic (exact) mass is 532 g/mol. The lowest BCUT2D eigenvalue weighted by Gasteiger charge is -2.44. The molecular weight excluding hydrogens is 505 g/mol. The van der Waals surface area contributed by atoms with Crippen molar-refractivity contribution in [3.8, 4) is 6.07 Å². The molecule has 0 aliphatic carbocycles. The molecule has 2 amide bonds. The van der Waals surface area contributed by atoms with E-state index in [0.717, 1.165) is 12.0 Å². The second-order valence-corrected chi connectivity index (χ2v) is 9.58. The van der Waals surface area contributed by atoms with Gasteiger partial charge in [0.15, 0.2) is 0 Å². The summed E-state index contributed by atoms with van der Waals surface area (Å²) >= 11 is 0. The molecular formula is C24H27F3N8O3. The summed E-state index contributed by atoms with van der Waals surface area (Å²) in [6.07, 6.45) is -1.09. The van der Waals surface area contributed by atoms with E-state index in [1.54, 1.807) is 26.8 Å². The average Bonchev–Trinajstić information content (AvgIpc) is 3.35. The molecule has 3 fully saturated rings. The molecule has 3 saturated heterocycles. The Kier molecular flexibility index (Phi) is 7.11. The number of nitrogens with zero attached hydrogens (tertiary/aromatic N) is 7. The number of rotatable bonds is 5. The number of amides is 2. The smallest absolute Gasteiger partial charge is 0.372 e. The highest BCUT2D eigenvalue weighted by atomic mass is 19.4. The first-order chi connectivity index (χ1) is 18.2. The minimum absolute atomic E-state index is 0.0656. The van der Waals surface area contributed by atoms with Crippen LogP contribution in [0.3, 0.4) is 0 Å². The highest BCUT2D eigenvalue weighted by Gasteiger charge is 2.41. The number of hydrogen-bond donors (Lipinski definition) is 1. The van der Waals surface area contributed by atoms with Crippen molar-refractivity contribution >= 4 is 17.5 Å². The average molecular weight is 533 g/mol. The summed E-state index contributed by atoms with van der Waals surface area (Å²) in [5.74, 6) is 0.771. The van der Waals surface area contributed by atoms with Crippen LogP contribution in [0.1, 0.15) is 24.0 Å². The lowest BCUT2D eigenvalue weighted by molar-refractivity contribution is -0.138. The second kappa shape index (κ2) is 10.5. The van der Waals surface area contributed by atoms with Crippen LogP contribution in [-0.2, 0) is 10.9 Å². The number of carbonyl (C=O) groups is 1. The van der Waals surface area contributed by atoms with E-state index in [0.29, 0.717) is 64.2 Å². The van der Waals surface area contributed by atoms with Crippen LogP contribution in [0.4, 0.5) is 29.5 Å². The van der Waals surface area contributed by atoms with Crippen LogP contribution in [0.15, 0.2) is 29.3 Å². The summed E-state index contributed by atoms with van der Waals surface area (Å²) in [4.78, 5) is 36.2. The summed E-state index contributed by atoms with van der Waals surface area (Å²) in [6, 6.07) is 5.19. The number of piperazine rings is 1. The number of nitriles is 1. The van der Waals surface area contributed by atoms with Crippen LogP contribution in [0.2, 0.25) is 0 Å². The molecule has 1 atom stereocenters. The molecule has 0 spiro atoms. The molecule has 1 N–H and O–H groups in total. The lowest BCUT2D eigenvalue weighted by atomic mass is 10.1. The third kappa shape index (κ3) is 5.24. The van der Waals surface area contributed by atoms with Gasteiger partial charge < -0.3 is 24.3 Å². The summed E-state index contributed by atoms with van der Waals surface area (Å²) in [5, 5.41) is 14.4. The Morgan fingerprint density at radius 1 is 1.13 bits per heavy atom. The fourth-order valence-corrected chi connectivity index (χ4v) is 5.12. The zero-order valence-electron chi connectivity index (χ0n) is 20.5. The van der Waals surface area contributed by atoms with E-state index >= 15 is 0 Å². The highest BCUT2D eigenvalue weighted by Crippen LogP contribution is 2.36. The fraction of sp³-hybridized carbons (Fsp3) is 0.542. The van der Waals surface area contributed by atoms with Crippen molar-refractivity contribution in [2.45, 2.75) is 31.2 Å². The molecule has 0 unspecified atom stereocenters. The normalized spacial score (nSPS) is 20.4. The highest BCUT2D eigenvalue weighted by molar-refractivity contribution is 5.75. The number of aromatic amines is 1. The summed E-state index contributed by atoms with van der Waals surface area (Å²) in [7, 11) is 0. The van der Waals surface area contributed by atoms with Gasteiger partial charge in [0.05, 0.1) is 49.3 Å². The van der Waals surface area contributed by atoms with Crippen LogP contribution < -0.4 is 15.4 Å². The number of H-pyrrole nitrogens is 1. The second-order valence-electron chi connectivity index (χ2n) is 9.58. The van der Waals surface area contributed by atoms with E-state index in [-0.39, 0.29) is 30.5 Å². The van der Waals surface area contributed by atoms with Crippen molar-refractivity contribution in [2.24, 2.45) is 0 Å². The van der Waals surface area contributed by atoms with Crippen molar-refractivity contribution in [2.75, 3.05) is 62.2 Å². The van der Waals surface area contributed by atoms with Crippen LogP contribution in [0, 0.1) is 11.3 Å². The number of alkyl halides is 3. The van der Waals surface area contributed by atoms with Crippen LogP contribution in [-0.4, -0.2) is 95.6 Å². The van der Waals surface area contributed by atoms with E-state index in [9.17, 15) is 22.8 Å². The van der Waals surface area contributed by atoms with Gasteiger partial charge in [-0.3, -0.25) is 4.79 Å². The third-order valence-corrected chi connectivity index (χ3v) is 7.20. The van der Waals surface area contributed by atoms with Crippen LogP contribution in [0.25, 0.3) is 0 Å². The van der Waals surface area contributed by atoms with E-state index in [1.165, 1.54) is 6.20 Å². The number of ether oxygens (including phenoxy) is 1. The van der Waals surface area contributed by atoms with Gasteiger partial charge in [-0.25, -0.2) is 14.9 Å². The molecule has 2 aromatic heterocycles. The molecule has 5 rings (SSSR count). The van der Waals surface area contributed by atoms with Gasteiger partial charge in [0, 0.05) is 38.9 Å². The first-order valence-electron chi connectivity index (χ1n) is 12.4. The minimum Gasteiger partial charge on any atom is -0.372 e. The molecule has 3 aliphatic rings. The fourth-order valence-electron chi connectivity index (χ4n) is 5.12. The predicted octanol–water partition coefficient (Wildman–Crippen LogP) is 1.67. The molecule has 5 heterocycles. The van der Waals surface area contributed by atoms with Crippen molar-refractivity contribution in [1.29, 1.82) is 5.26 Å². The van der Waals surface area contributed by atoms with Crippen molar-refractivity contribution in [3.63, 3.8) is 0 Å². The first-order valence-corrected chi connectivity index (χ1v) is 12.4.